The van der Waals surface area contributed by atoms with Crippen molar-refractivity contribution in [1.29, 1.82) is 0 Å². The highest BCUT2D eigenvalue weighted by molar-refractivity contribution is 7.92. The predicted molar refractivity (Wildman–Crippen MR) is 118 cm³/mol. The minimum Gasteiger partial charge on any atom is -0.341 e. The number of anilines is 1. The van der Waals surface area contributed by atoms with E-state index >= 15 is 0 Å². The summed E-state index contributed by atoms with van der Waals surface area (Å²) in [4.78, 5) is 19.1. The van der Waals surface area contributed by atoms with Crippen LogP contribution in [0.2, 0.25) is 5.02 Å². The maximum Gasteiger partial charge on any atom is 0.263 e. The van der Waals surface area contributed by atoms with Gasteiger partial charge >= 0.3 is 0 Å². The lowest BCUT2D eigenvalue weighted by atomic mass is 10.3. The fraction of sp³-hybridized carbons (Fsp3) is 0.300. The summed E-state index contributed by atoms with van der Waals surface area (Å²) in [7, 11) is -3.85. The normalized spacial score (nSPS) is 14.3. The van der Waals surface area contributed by atoms with Crippen molar-refractivity contribution in [3.63, 3.8) is 0 Å². The highest BCUT2D eigenvalue weighted by Gasteiger charge is 2.24. The van der Waals surface area contributed by atoms with E-state index in [1.165, 1.54) is 17.5 Å². The number of amides is 1. The van der Waals surface area contributed by atoms with Crippen LogP contribution in [0.25, 0.3) is 10.7 Å². The lowest BCUT2D eigenvalue weighted by Gasteiger charge is -2.16. The molecular formula is C20H21ClN4O3S2. The monoisotopic (exact) mass is 464 g/mol. The van der Waals surface area contributed by atoms with Crippen LogP contribution < -0.4 is 4.72 Å². The van der Waals surface area contributed by atoms with Gasteiger partial charge in [0.15, 0.2) is 0 Å². The molecule has 30 heavy (non-hydrogen) atoms. The van der Waals surface area contributed by atoms with Crippen LogP contribution in [0.15, 0.2) is 46.8 Å². The van der Waals surface area contributed by atoms with Gasteiger partial charge in [-0.05, 0) is 50.1 Å². The van der Waals surface area contributed by atoms with Crippen LogP contribution in [0.5, 0.6) is 0 Å². The van der Waals surface area contributed by atoms with Gasteiger partial charge in [-0.2, -0.15) is 0 Å². The number of carbonyl (C=O) groups is 1. The number of aromatic nitrogens is 2. The van der Waals surface area contributed by atoms with E-state index in [1.54, 1.807) is 34.9 Å². The van der Waals surface area contributed by atoms with E-state index in [2.05, 4.69) is 9.71 Å². The van der Waals surface area contributed by atoms with Gasteiger partial charge in [0.25, 0.3) is 10.0 Å². The molecule has 2 aromatic heterocycles. The second-order valence-electron chi connectivity index (χ2n) is 7.18. The third-order valence-electron chi connectivity index (χ3n) is 4.88. The Labute approximate surface area is 184 Å². The average molecular weight is 465 g/mol. The molecule has 158 valence electrons. The fourth-order valence-corrected chi connectivity index (χ4v) is 5.41. The zero-order valence-corrected chi connectivity index (χ0v) is 18.7. The van der Waals surface area contributed by atoms with Crippen molar-refractivity contribution in [2.75, 3.05) is 17.8 Å². The Bertz CT molecular complexity index is 1160. The van der Waals surface area contributed by atoms with Crippen molar-refractivity contribution in [2.24, 2.45) is 0 Å². The molecule has 0 spiro atoms. The van der Waals surface area contributed by atoms with Gasteiger partial charge in [-0.3, -0.25) is 9.52 Å². The van der Waals surface area contributed by atoms with Crippen molar-refractivity contribution >= 4 is 44.6 Å². The Morgan fingerprint density at radius 1 is 1.23 bits per heavy atom. The number of aryl methyl sites for hydroxylation is 1. The first kappa shape index (κ1) is 20.9. The van der Waals surface area contributed by atoms with Gasteiger partial charge in [-0.15, -0.1) is 11.3 Å². The molecule has 10 heteroatoms. The van der Waals surface area contributed by atoms with Crippen LogP contribution >= 0.6 is 22.9 Å². The van der Waals surface area contributed by atoms with Crippen molar-refractivity contribution < 1.29 is 13.2 Å². The molecule has 1 aromatic carbocycles. The lowest BCUT2D eigenvalue weighted by Crippen LogP contribution is -2.31. The molecule has 0 atom stereocenters. The van der Waals surface area contributed by atoms with Gasteiger partial charge in [0.05, 0.1) is 5.69 Å². The summed E-state index contributed by atoms with van der Waals surface area (Å²) in [6, 6.07) is 7.98. The highest BCUT2D eigenvalue weighted by atomic mass is 35.5. The molecule has 1 amide bonds. The second kappa shape index (κ2) is 8.41. The topological polar surface area (TPSA) is 84.3 Å². The Morgan fingerprint density at radius 3 is 2.57 bits per heavy atom. The second-order valence-corrected chi connectivity index (χ2v) is 10.2. The molecule has 0 bridgehead atoms. The molecule has 4 rings (SSSR count). The molecule has 1 saturated heterocycles. The van der Waals surface area contributed by atoms with Crippen molar-refractivity contribution in [1.82, 2.24) is 14.5 Å². The smallest absolute Gasteiger partial charge is 0.263 e. The minimum absolute atomic E-state index is 0.0211. The SMILES string of the molecule is Cc1csc(-c2cc(S(=O)(=O)Nc3ccc(Cl)cc3)cn2CC(=O)N2CCCC2)n1. The molecule has 3 heterocycles. The highest BCUT2D eigenvalue weighted by Crippen LogP contribution is 2.29. The first-order valence-electron chi connectivity index (χ1n) is 9.51. The molecule has 3 aromatic rings. The molecule has 1 aliphatic heterocycles. The van der Waals surface area contributed by atoms with Gasteiger partial charge < -0.3 is 9.47 Å². The summed E-state index contributed by atoms with van der Waals surface area (Å²) in [6.07, 6.45) is 3.50. The number of halogens is 1. The quantitative estimate of drug-likeness (QED) is 0.597. The van der Waals surface area contributed by atoms with Crippen molar-refractivity contribution in [2.45, 2.75) is 31.2 Å². The van der Waals surface area contributed by atoms with Crippen LogP contribution in [0.4, 0.5) is 5.69 Å². The number of thiazole rings is 1. The predicted octanol–water partition coefficient (Wildman–Crippen LogP) is 4.00. The van der Waals surface area contributed by atoms with Crippen LogP contribution in [0, 0.1) is 6.92 Å². The fourth-order valence-electron chi connectivity index (χ4n) is 3.36. The Hall–Kier alpha value is -2.36. The number of hydrogen-bond donors (Lipinski definition) is 1. The molecule has 1 fully saturated rings. The summed E-state index contributed by atoms with van der Waals surface area (Å²) >= 11 is 7.29. The number of nitrogens with zero attached hydrogens (tertiary/aromatic N) is 3. The van der Waals surface area contributed by atoms with E-state index in [0.717, 1.165) is 31.6 Å². The van der Waals surface area contributed by atoms with Gasteiger partial charge in [0.1, 0.15) is 16.4 Å². The zero-order chi connectivity index (χ0) is 21.3. The van der Waals surface area contributed by atoms with Crippen LogP contribution in [-0.2, 0) is 21.4 Å². The maximum atomic E-state index is 13.0. The van der Waals surface area contributed by atoms with Gasteiger partial charge in [0, 0.05) is 41.1 Å². The van der Waals surface area contributed by atoms with Crippen LogP contribution in [0.1, 0.15) is 18.5 Å². The standard InChI is InChI=1S/C20H21ClN4O3S2/c1-14-13-29-20(22-14)18-10-17(11-25(18)12-19(26)24-8-2-3-9-24)30(27,28)23-16-6-4-15(21)5-7-16/h4-7,10-11,13,23H,2-3,8-9,12H2,1H3. The van der Waals surface area contributed by atoms with E-state index in [-0.39, 0.29) is 17.3 Å². The zero-order valence-electron chi connectivity index (χ0n) is 16.3. The van der Waals surface area contributed by atoms with E-state index in [4.69, 9.17) is 11.6 Å². The first-order chi connectivity index (χ1) is 14.3. The first-order valence-corrected chi connectivity index (χ1v) is 12.2. The summed E-state index contributed by atoms with van der Waals surface area (Å²) in [5.41, 5.74) is 1.86. The minimum atomic E-state index is -3.85. The molecular weight excluding hydrogens is 444 g/mol. The molecule has 0 aliphatic carbocycles. The Balaban J connectivity index is 1.67. The number of hydrogen-bond acceptors (Lipinski definition) is 5. The van der Waals surface area contributed by atoms with Crippen LogP contribution in [0.3, 0.4) is 0 Å². The summed E-state index contributed by atoms with van der Waals surface area (Å²) in [5.74, 6) is -0.0211. The molecule has 1 aliphatic rings. The number of nitrogens with one attached hydrogen (secondary N) is 1. The number of carbonyl (C=O) groups excluding carboxylic acids is 1. The number of likely N-dealkylation sites (tertiary alicyclic amines) is 1. The summed E-state index contributed by atoms with van der Waals surface area (Å²) in [5, 5.41) is 3.09. The molecule has 7 nitrogen and oxygen atoms in total. The molecule has 1 N–H and O–H groups in total. The Morgan fingerprint density at radius 2 is 1.93 bits per heavy atom. The van der Waals surface area contributed by atoms with E-state index in [9.17, 15) is 13.2 Å². The summed E-state index contributed by atoms with van der Waals surface area (Å²) in [6.45, 7) is 3.44. The van der Waals surface area contributed by atoms with E-state index in [1.807, 2.05) is 17.2 Å². The van der Waals surface area contributed by atoms with Gasteiger partial charge in [-0.1, -0.05) is 11.6 Å². The largest absolute Gasteiger partial charge is 0.341 e. The van der Waals surface area contributed by atoms with Gasteiger partial charge in [-0.25, -0.2) is 13.4 Å². The third-order valence-corrected chi connectivity index (χ3v) is 7.46. The van der Waals surface area contributed by atoms with Gasteiger partial charge in [0.2, 0.25) is 5.91 Å². The number of rotatable bonds is 6. The molecule has 0 unspecified atom stereocenters. The average Bonchev–Trinajstić information content (AvgIpc) is 3.44. The third kappa shape index (κ3) is 4.53. The summed E-state index contributed by atoms with van der Waals surface area (Å²) < 4.78 is 30.2. The number of sulfonamides is 1. The van der Waals surface area contributed by atoms with E-state index < -0.39 is 10.0 Å². The molecule has 0 saturated carbocycles. The van der Waals surface area contributed by atoms with Crippen molar-refractivity contribution in [3.05, 3.63) is 52.6 Å². The lowest BCUT2D eigenvalue weighted by molar-refractivity contribution is -0.130. The van der Waals surface area contributed by atoms with E-state index in [0.29, 0.717) is 21.4 Å². The Kier molecular flexibility index (Phi) is 5.86. The van der Waals surface area contributed by atoms with Crippen molar-refractivity contribution in [3.8, 4) is 10.7 Å². The maximum absolute atomic E-state index is 13.0. The van der Waals surface area contributed by atoms with Crippen LogP contribution in [-0.4, -0.2) is 41.9 Å². The molecule has 0 radical (unpaired) electrons. The number of benzene rings is 1.